The molecule has 1 aliphatic heterocycles. The van der Waals surface area contributed by atoms with Gasteiger partial charge < -0.3 is 24.7 Å². The van der Waals surface area contributed by atoms with Crippen LogP contribution in [0.25, 0.3) is 11.2 Å². The van der Waals surface area contributed by atoms with Crippen LogP contribution in [0.5, 0.6) is 0 Å². The van der Waals surface area contributed by atoms with Crippen LogP contribution in [-0.4, -0.2) is 61.3 Å². The van der Waals surface area contributed by atoms with Gasteiger partial charge in [-0.15, -0.1) is 6.58 Å². The van der Waals surface area contributed by atoms with Crippen LogP contribution < -0.4 is 5.56 Å². The van der Waals surface area contributed by atoms with Gasteiger partial charge in [0.1, 0.15) is 18.3 Å². The summed E-state index contributed by atoms with van der Waals surface area (Å²) in [6.07, 6.45) is 0.894. The van der Waals surface area contributed by atoms with E-state index in [9.17, 15) is 15.0 Å². The molecule has 4 atom stereocenters. The van der Waals surface area contributed by atoms with Gasteiger partial charge in [0.2, 0.25) is 0 Å². The normalized spacial score (nSPS) is 28.3. The molecule has 1 fully saturated rings. The number of rotatable bonds is 5. The SMILES string of the molecule is C=CCOC1C(O)[C@@H](CO)O[C@H]1n1cnc2c(=O)[nH]cnc21. The molecular weight excluding hydrogens is 292 g/mol. The van der Waals surface area contributed by atoms with Crippen molar-refractivity contribution in [1.82, 2.24) is 19.5 Å². The molecule has 0 radical (unpaired) electrons. The third kappa shape index (κ3) is 2.33. The number of aromatic amines is 1. The average Bonchev–Trinajstić information content (AvgIpc) is 3.07. The number of aliphatic hydroxyl groups is 2. The van der Waals surface area contributed by atoms with Crippen LogP contribution in [0.1, 0.15) is 6.23 Å². The second-order valence-electron chi connectivity index (χ2n) is 4.88. The molecule has 0 saturated carbocycles. The van der Waals surface area contributed by atoms with Crippen LogP contribution in [0.3, 0.4) is 0 Å². The largest absolute Gasteiger partial charge is 0.394 e. The molecule has 1 aliphatic rings. The molecule has 118 valence electrons. The van der Waals surface area contributed by atoms with Gasteiger partial charge in [-0.3, -0.25) is 9.36 Å². The summed E-state index contributed by atoms with van der Waals surface area (Å²) in [5, 5.41) is 19.5. The maximum absolute atomic E-state index is 11.7. The molecule has 2 aromatic heterocycles. The van der Waals surface area contributed by atoms with Crippen molar-refractivity contribution in [2.45, 2.75) is 24.5 Å². The van der Waals surface area contributed by atoms with E-state index in [0.29, 0.717) is 5.65 Å². The first kappa shape index (κ1) is 14.9. The quantitative estimate of drug-likeness (QED) is 0.602. The van der Waals surface area contributed by atoms with Crippen molar-refractivity contribution < 1.29 is 19.7 Å². The molecule has 22 heavy (non-hydrogen) atoms. The zero-order valence-corrected chi connectivity index (χ0v) is 11.6. The van der Waals surface area contributed by atoms with Crippen molar-refractivity contribution in [3.05, 3.63) is 35.7 Å². The second kappa shape index (κ2) is 5.97. The van der Waals surface area contributed by atoms with Crippen molar-refractivity contribution >= 4 is 11.2 Å². The minimum atomic E-state index is -1.02. The predicted octanol–water partition coefficient (Wildman–Crippen LogP) is -1.06. The van der Waals surface area contributed by atoms with Crippen molar-refractivity contribution in [3.8, 4) is 0 Å². The Hall–Kier alpha value is -2.07. The highest BCUT2D eigenvalue weighted by atomic mass is 16.6. The number of fused-ring (bicyclic) bond motifs is 1. The van der Waals surface area contributed by atoms with Crippen LogP contribution in [0.4, 0.5) is 0 Å². The van der Waals surface area contributed by atoms with E-state index in [4.69, 9.17) is 9.47 Å². The predicted molar refractivity (Wildman–Crippen MR) is 75.1 cm³/mol. The van der Waals surface area contributed by atoms with Crippen LogP contribution in [-0.2, 0) is 9.47 Å². The summed E-state index contributed by atoms with van der Waals surface area (Å²) in [5.74, 6) is 0. The average molecular weight is 308 g/mol. The number of ether oxygens (including phenoxy) is 2. The summed E-state index contributed by atoms with van der Waals surface area (Å²) in [6, 6.07) is 0. The minimum Gasteiger partial charge on any atom is -0.394 e. The highest BCUT2D eigenvalue weighted by molar-refractivity contribution is 5.68. The van der Waals surface area contributed by atoms with Crippen molar-refractivity contribution in [1.29, 1.82) is 0 Å². The van der Waals surface area contributed by atoms with Gasteiger partial charge in [0.25, 0.3) is 5.56 Å². The van der Waals surface area contributed by atoms with Crippen molar-refractivity contribution in [3.63, 3.8) is 0 Å². The third-order valence-corrected chi connectivity index (χ3v) is 3.54. The van der Waals surface area contributed by atoms with E-state index in [1.165, 1.54) is 17.2 Å². The number of hydrogen-bond acceptors (Lipinski definition) is 7. The summed E-state index contributed by atoms with van der Waals surface area (Å²) in [6.45, 7) is 3.42. The Morgan fingerprint density at radius 1 is 1.55 bits per heavy atom. The molecule has 9 heteroatoms. The highest BCUT2D eigenvalue weighted by Crippen LogP contribution is 2.32. The molecule has 0 aromatic carbocycles. The first-order chi connectivity index (χ1) is 10.7. The lowest BCUT2D eigenvalue weighted by Crippen LogP contribution is -2.35. The molecule has 3 rings (SSSR count). The zero-order chi connectivity index (χ0) is 15.7. The van der Waals surface area contributed by atoms with Crippen molar-refractivity contribution in [2.75, 3.05) is 13.2 Å². The smallest absolute Gasteiger partial charge is 0.278 e. The van der Waals surface area contributed by atoms with Crippen LogP contribution in [0.15, 0.2) is 30.1 Å². The Morgan fingerprint density at radius 2 is 2.36 bits per heavy atom. The summed E-state index contributed by atoms with van der Waals surface area (Å²) < 4.78 is 12.7. The Balaban J connectivity index is 2.01. The number of aromatic nitrogens is 4. The van der Waals surface area contributed by atoms with E-state index in [2.05, 4.69) is 21.5 Å². The number of imidazole rings is 1. The molecule has 3 heterocycles. The summed E-state index contributed by atoms with van der Waals surface area (Å²) >= 11 is 0. The first-order valence-electron chi connectivity index (χ1n) is 6.74. The maximum Gasteiger partial charge on any atom is 0.278 e. The molecule has 0 amide bonds. The third-order valence-electron chi connectivity index (χ3n) is 3.54. The Kier molecular flexibility index (Phi) is 4.03. The number of aliphatic hydroxyl groups excluding tert-OH is 2. The molecule has 0 aliphatic carbocycles. The molecule has 3 N–H and O–H groups in total. The molecule has 2 aromatic rings. The van der Waals surface area contributed by atoms with E-state index in [1.54, 1.807) is 6.08 Å². The van der Waals surface area contributed by atoms with Crippen LogP contribution in [0.2, 0.25) is 0 Å². The van der Waals surface area contributed by atoms with Gasteiger partial charge in [-0.05, 0) is 0 Å². The summed E-state index contributed by atoms with van der Waals surface area (Å²) in [5.41, 5.74) is 0.104. The lowest BCUT2D eigenvalue weighted by molar-refractivity contribution is -0.0645. The van der Waals surface area contributed by atoms with Crippen LogP contribution >= 0.6 is 0 Å². The number of nitrogens with zero attached hydrogens (tertiary/aromatic N) is 3. The molecule has 0 spiro atoms. The maximum atomic E-state index is 11.7. The van der Waals surface area contributed by atoms with E-state index in [0.717, 1.165) is 0 Å². The van der Waals surface area contributed by atoms with Crippen LogP contribution in [0, 0.1) is 0 Å². The van der Waals surface area contributed by atoms with E-state index < -0.39 is 24.5 Å². The summed E-state index contributed by atoms with van der Waals surface area (Å²) in [4.78, 5) is 22.2. The standard InChI is InChI=1S/C13H16N4O5/c1-2-3-21-10-9(19)7(4-18)22-13(10)17-6-16-8-11(17)14-5-15-12(8)20/h2,5-7,9-10,13,18-19H,1,3-4H2,(H,14,15,20)/t7-,9?,10?,13-/m1/s1. The van der Waals surface area contributed by atoms with Gasteiger partial charge in [0, 0.05) is 0 Å². The number of nitrogens with one attached hydrogen (secondary N) is 1. The van der Waals surface area contributed by atoms with E-state index in [1.807, 2.05) is 0 Å². The second-order valence-corrected chi connectivity index (χ2v) is 4.88. The zero-order valence-electron chi connectivity index (χ0n) is 11.6. The minimum absolute atomic E-state index is 0.163. The summed E-state index contributed by atoms with van der Waals surface area (Å²) in [7, 11) is 0. The highest BCUT2D eigenvalue weighted by Gasteiger charge is 2.45. The lowest BCUT2D eigenvalue weighted by atomic mass is 10.1. The van der Waals surface area contributed by atoms with E-state index >= 15 is 0 Å². The molecule has 2 unspecified atom stereocenters. The molecule has 1 saturated heterocycles. The van der Waals surface area contributed by atoms with Gasteiger partial charge in [0.05, 0.1) is 25.9 Å². The Labute approximate surface area is 124 Å². The van der Waals surface area contributed by atoms with Gasteiger partial charge in [-0.1, -0.05) is 6.08 Å². The number of hydrogen-bond donors (Lipinski definition) is 3. The first-order valence-corrected chi connectivity index (χ1v) is 6.74. The van der Waals surface area contributed by atoms with E-state index in [-0.39, 0.29) is 24.3 Å². The van der Waals surface area contributed by atoms with Gasteiger partial charge in [0.15, 0.2) is 17.4 Å². The Morgan fingerprint density at radius 3 is 3.09 bits per heavy atom. The topological polar surface area (TPSA) is 122 Å². The molecular formula is C13H16N4O5. The Bertz CT molecular complexity index is 727. The number of H-pyrrole nitrogens is 1. The van der Waals surface area contributed by atoms with Gasteiger partial charge in [-0.25, -0.2) is 9.97 Å². The fourth-order valence-electron chi connectivity index (χ4n) is 2.50. The fraction of sp³-hybridized carbons (Fsp3) is 0.462. The fourth-order valence-corrected chi connectivity index (χ4v) is 2.50. The molecule has 0 bridgehead atoms. The monoisotopic (exact) mass is 308 g/mol. The van der Waals surface area contributed by atoms with Gasteiger partial charge in [-0.2, -0.15) is 0 Å². The van der Waals surface area contributed by atoms with Gasteiger partial charge >= 0.3 is 0 Å². The lowest BCUT2D eigenvalue weighted by Gasteiger charge is -2.21. The van der Waals surface area contributed by atoms with Crippen molar-refractivity contribution in [2.24, 2.45) is 0 Å². The molecule has 9 nitrogen and oxygen atoms in total.